The molecule has 0 spiro atoms. The molecular formula is C18H24O2Si. The molecule has 0 amide bonds. The molecule has 0 heterocycles. The van der Waals surface area contributed by atoms with E-state index < -0.39 is 9.04 Å². The smallest absolute Gasteiger partial charge is 0.189 e. The fourth-order valence-electron chi connectivity index (χ4n) is 2.46. The van der Waals surface area contributed by atoms with Crippen molar-refractivity contribution in [2.24, 2.45) is 0 Å². The first-order chi connectivity index (χ1) is 10.3. The molecular weight excluding hydrogens is 276 g/mol. The van der Waals surface area contributed by atoms with Crippen molar-refractivity contribution < 1.29 is 9.16 Å². The Bertz CT molecular complexity index is 456. The molecule has 0 aromatic heterocycles. The average molecular weight is 300 g/mol. The number of rotatable bonds is 8. The lowest BCUT2D eigenvalue weighted by atomic mass is 10.2. The summed E-state index contributed by atoms with van der Waals surface area (Å²) in [7, 11) is 0.322. The molecule has 3 heteroatoms. The Morgan fingerprint density at radius 1 is 0.857 bits per heavy atom. The first-order valence-electron chi connectivity index (χ1n) is 7.58. The summed E-state index contributed by atoms with van der Waals surface area (Å²) in [5.74, 6) is 0. The molecule has 0 bridgehead atoms. The lowest BCUT2D eigenvalue weighted by molar-refractivity contribution is -0.0585. The highest BCUT2D eigenvalue weighted by Gasteiger charge is 2.18. The normalized spacial score (nSPS) is 12.5. The van der Waals surface area contributed by atoms with Gasteiger partial charge in [0.15, 0.2) is 9.04 Å². The third-order valence-electron chi connectivity index (χ3n) is 3.55. The molecule has 0 aliphatic rings. The summed E-state index contributed by atoms with van der Waals surface area (Å²) in [5, 5.41) is 0. The van der Waals surface area contributed by atoms with Crippen LogP contribution in [0.1, 0.15) is 24.5 Å². The van der Waals surface area contributed by atoms with Crippen LogP contribution in [0.2, 0.25) is 0 Å². The molecule has 0 radical (unpaired) electrons. The van der Waals surface area contributed by atoms with Gasteiger partial charge in [0.2, 0.25) is 0 Å². The molecule has 2 aromatic carbocycles. The second kappa shape index (κ2) is 8.77. The summed E-state index contributed by atoms with van der Waals surface area (Å²) < 4.78 is 11.7. The Balaban J connectivity index is 2.06. The van der Waals surface area contributed by atoms with E-state index in [1.54, 1.807) is 7.11 Å². The van der Waals surface area contributed by atoms with E-state index in [1.807, 2.05) is 0 Å². The molecule has 1 atom stereocenters. The predicted octanol–water partition coefficient (Wildman–Crippen LogP) is 3.67. The Hall–Kier alpha value is -1.42. The second-order valence-electron chi connectivity index (χ2n) is 5.21. The lowest BCUT2D eigenvalue weighted by Crippen LogP contribution is -2.31. The number of methoxy groups -OCH3 is 1. The number of benzene rings is 2. The molecule has 0 aliphatic heterocycles. The fraction of sp³-hybridized carbons (Fsp3) is 0.333. The van der Waals surface area contributed by atoms with Crippen LogP contribution in [-0.4, -0.2) is 22.4 Å². The quantitative estimate of drug-likeness (QED) is 0.547. The summed E-state index contributed by atoms with van der Waals surface area (Å²) in [6.07, 6.45) is 0.818. The Kier molecular flexibility index (Phi) is 6.67. The first kappa shape index (κ1) is 16.0. The first-order valence-corrected chi connectivity index (χ1v) is 9.68. The van der Waals surface area contributed by atoms with Crippen LogP contribution in [0.5, 0.6) is 0 Å². The second-order valence-corrected chi connectivity index (χ2v) is 7.54. The molecule has 0 fully saturated rings. The summed E-state index contributed by atoms with van der Waals surface area (Å²) >= 11 is 0. The molecule has 2 rings (SSSR count). The molecule has 2 aromatic rings. The van der Waals surface area contributed by atoms with Gasteiger partial charge in [-0.25, -0.2) is 0 Å². The van der Waals surface area contributed by atoms with Crippen LogP contribution in [0, 0.1) is 0 Å². The van der Waals surface area contributed by atoms with Gasteiger partial charge in [-0.3, -0.25) is 0 Å². The van der Waals surface area contributed by atoms with Gasteiger partial charge in [0, 0.05) is 7.11 Å². The van der Waals surface area contributed by atoms with Crippen LogP contribution in [-0.2, 0) is 21.3 Å². The van der Waals surface area contributed by atoms with Crippen molar-refractivity contribution in [2.75, 3.05) is 7.11 Å². The van der Waals surface area contributed by atoms with E-state index in [0.29, 0.717) is 0 Å². The topological polar surface area (TPSA) is 18.5 Å². The van der Waals surface area contributed by atoms with Gasteiger partial charge in [-0.1, -0.05) is 67.6 Å². The van der Waals surface area contributed by atoms with Crippen LogP contribution >= 0.6 is 0 Å². The van der Waals surface area contributed by atoms with E-state index >= 15 is 0 Å². The van der Waals surface area contributed by atoms with Crippen molar-refractivity contribution >= 4 is 9.04 Å². The number of ether oxygens (including phenoxy) is 1. The van der Waals surface area contributed by atoms with Gasteiger partial charge in [0.25, 0.3) is 0 Å². The standard InChI is InChI=1S/C18H24O2Si/c1-3-18(19-2)20-21(14-16-10-6-4-7-11-16)15-17-12-8-5-9-13-17/h4-13,18,21H,3,14-15H2,1-2H3. The van der Waals surface area contributed by atoms with Crippen LogP contribution in [0.25, 0.3) is 0 Å². The Morgan fingerprint density at radius 2 is 1.33 bits per heavy atom. The van der Waals surface area contributed by atoms with Crippen LogP contribution in [0.15, 0.2) is 60.7 Å². The highest BCUT2D eigenvalue weighted by atomic mass is 28.3. The fourth-order valence-corrected chi connectivity index (χ4v) is 5.12. The van der Waals surface area contributed by atoms with Gasteiger partial charge in [0.05, 0.1) is 0 Å². The van der Waals surface area contributed by atoms with Gasteiger partial charge >= 0.3 is 0 Å². The van der Waals surface area contributed by atoms with Crippen molar-refractivity contribution in [2.45, 2.75) is 31.7 Å². The zero-order valence-corrected chi connectivity index (χ0v) is 14.0. The zero-order chi connectivity index (χ0) is 14.9. The Morgan fingerprint density at radius 3 is 1.71 bits per heavy atom. The molecule has 112 valence electrons. The largest absolute Gasteiger partial charge is 0.395 e. The maximum absolute atomic E-state index is 6.27. The van der Waals surface area contributed by atoms with Crippen molar-refractivity contribution in [3.63, 3.8) is 0 Å². The SMILES string of the molecule is CCC(OC)O[SiH](Cc1ccccc1)Cc1ccccc1. The zero-order valence-electron chi connectivity index (χ0n) is 12.9. The molecule has 0 saturated heterocycles. The van der Waals surface area contributed by atoms with E-state index in [-0.39, 0.29) is 6.29 Å². The van der Waals surface area contributed by atoms with Gasteiger partial charge in [-0.05, 0) is 29.6 Å². The number of hydrogen-bond acceptors (Lipinski definition) is 2. The maximum atomic E-state index is 6.27. The van der Waals surface area contributed by atoms with Gasteiger partial charge in [0.1, 0.15) is 6.29 Å². The minimum atomic E-state index is -1.41. The molecule has 0 N–H and O–H groups in total. The van der Waals surface area contributed by atoms with Gasteiger partial charge in [-0.2, -0.15) is 0 Å². The van der Waals surface area contributed by atoms with E-state index in [0.717, 1.165) is 18.5 Å². The van der Waals surface area contributed by atoms with Gasteiger partial charge < -0.3 is 9.16 Å². The minimum absolute atomic E-state index is 0.0749. The van der Waals surface area contributed by atoms with E-state index in [1.165, 1.54) is 11.1 Å². The lowest BCUT2D eigenvalue weighted by Gasteiger charge is -2.22. The van der Waals surface area contributed by atoms with Crippen LogP contribution < -0.4 is 0 Å². The Labute approximate surface area is 129 Å². The molecule has 0 aliphatic carbocycles. The van der Waals surface area contributed by atoms with Crippen LogP contribution in [0.4, 0.5) is 0 Å². The summed E-state index contributed by atoms with van der Waals surface area (Å²) in [6, 6.07) is 23.3. The third-order valence-corrected chi connectivity index (χ3v) is 6.09. The number of hydrogen-bond donors (Lipinski definition) is 0. The van der Waals surface area contributed by atoms with E-state index in [9.17, 15) is 0 Å². The third kappa shape index (κ3) is 5.46. The highest BCUT2D eigenvalue weighted by Crippen LogP contribution is 2.12. The summed E-state index contributed by atoms with van der Waals surface area (Å²) in [4.78, 5) is 0. The highest BCUT2D eigenvalue weighted by molar-refractivity contribution is 6.50. The minimum Gasteiger partial charge on any atom is -0.395 e. The van der Waals surface area contributed by atoms with Crippen molar-refractivity contribution in [1.29, 1.82) is 0 Å². The van der Waals surface area contributed by atoms with E-state index in [4.69, 9.17) is 9.16 Å². The predicted molar refractivity (Wildman–Crippen MR) is 89.6 cm³/mol. The summed E-state index contributed by atoms with van der Waals surface area (Å²) in [5.41, 5.74) is 2.71. The monoisotopic (exact) mass is 300 g/mol. The molecule has 1 unspecified atom stereocenters. The average Bonchev–Trinajstić information content (AvgIpc) is 2.54. The molecule has 21 heavy (non-hydrogen) atoms. The summed E-state index contributed by atoms with van der Waals surface area (Å²) in [6.45, 7) is 2.10. The molecule has 0 saturated carbocycles. The molecule has 2 nitrogen and oxygen atoms in total. The van der Waals surface area contributed by atoms with Crippen LogP contribution in [0.3, 0.4) is 0 Å². The van der Waals surface area contributed by atoms with Gasteiger partial charge in [-0.15, -0.1) is 0 Å². The maximum Gasteiger partial charge on any atom is 0.189 e. The van der Waals surface area contributed by atoms with Crippen molar-refractivity contribution in [1.82, 2.24) is 0 Å². The van der Waals surface area contributed by atoms with E-state index in [2.05, 4.69) is 67.6 Å². The van der Waals surface area contributed by atoms with Crippen molar-refractivity contribution in [3.05, 3.63) is 71.8 Å². The van der Waals surface area contributed by atoms with Crippen molar-refractivity contribution in [3.8, 4) is 0 Å².